The minimum absolute atomic E-state index is 0.0988. The number of aliphatic hydroxyl groups is 1. The summed E-state index contributed by atoms with van der Waals surface area (Å²) in [5.74, 6) is -0.930. The highest BCUT2D eigenvalue weighted by Gasteiger charge is 2.37. The van der Waals surface area contributed by atoms with E-state index in [0.29, 0.717) is 5.52 Å². The molecular weight excluding hydrogens is 372 g/mol. The normalized spacial score (nSPS) is 20.7. The van der Waals surface area contributed by atoms with Gasteiger partial charge in [0.2, 0.25) is 15.9 Å². The Bertz CT molecular complexity index is 994. The number of carbonyl (C=O) groups is 1. The summed E-state index contributed by atoms with van der Waals surface area (Å²) in [5.41, 5.74) is 1.16. The quantitative estimate of drug-likeness (QED) is 0.678. The molecule has 10 heteroatoms. The number of aliphatic hydroxyl groups excluding tert-OH is 1. The lowest BCUT2D eigenvalue weighted by Gasteiger charge is -2.18. The van der Waals surface area contributed by atoms with Crippen LogP contribution in [0.15, 0.2) is 29.1 Å². The Hall–Kier alpha value is -2.17. The number of aromatic nitrogens is 2. The van der Waals surface area contributed by atoms with Crippen LogP contribution in [0.2, 0.25) is 0 Å². The third kappa shape index (κ3) is 4.07. The third-order valence-electron chi connectivity index (χ3n) is 4.97. The number of aryl methyl sites for hydroxylation is 1. The van der Waals surface area contributed by atoms with E-state index in [0.717, 1.165) is 9.82 Å². The van der Waals surface area contributed by atoms with Gasteiger partial charge in [0.15, 0.2) is 0 Å². The van der Waals surface area contributed by atoms with Gasteiger partial charge in [0, 0.05) is 46.1 Å². The molecule has 2 heterocycles. The second-order valence-electron chi connectivity index (χ2n) is 7.04. The number of imidazole rings is 1. The molecule has 1 aromatic carbocycles. The molecule has 0 radical (unpaired) electrons. The number of benzene rings is 1. The molecule has 2 N–H and O–H groups in total. The van der Waals surface area contributed by atoms with Crippen LogP contribution < -0.4 is 5.69 Å². The molecule has 1 amide bonds. The van der Waals surface area contributed by atoms with Crippen molar-refractivity contribution in [3.63, 3.8) is 0 Å². The molecule has 1 aliphatic heterocycles. The number of aromatic amines is 1. The fraction of sp³-hybridized carbons (Fsp3) is 0.529. The lowest BCUT2D eigenvalue weighted by Crippen LogP contribution is -2.34. The number of nitrogens with zero attached hydrogens (tertiary/aromatic N) is 3. The average Bonchev–Trinajstić information content (AvgIpc) is 3.12. The highest BCUT2D eigenvalue weighted by atomic mass is 32.2. The zero-order chi connectivity index (χ0) is 19.8. The second kappa shape index (κ2) is 7.45. The summed E-state index contributed by atoms with van der Waals surface area (Å²) >= 11 is 0. The Kier molecular flexibility index (Phi) is 5.41. The number of nitrogens with one attached hydrogen (secondary N) is 1. The van der Waals surface area contributed by atoms with Crippen LogP contribution in [0.3, 0.4) is 0 Å². The van der Waals surface area contributed by atoms with Gasteiger partial charge in [-0.25, -0.2) is 17.5 Å². The number of sulfonamides is 1. The maximum atomic E-state index is 12.5. The van der Waals surface area contributed by atoms with Gasteiger partial charge in [0.05, 0.1) is 22.9 Å². The maximum absolute atomic E-state index is 12.5. The van der Waals surface area contributed by atoms with E-state index in [9.17, 15) is 23.1 Å². The zero-order valence-electron chi connectivity index (χ0n) is 15.3. The molecule has 27 heavy (non-hydrogen) atoms. The number of fused-ring (bicyclic) bond motifs is 1. The molecular formula is C17H24N4O5S. The number of H-pyrrole nitrogens is 1. The van der Waals surface area contributed by atoms with E-state index in [1.165, 1.54) is 23.6 Å². The topological polar surface area (TPSA) is 116 Å². The Morgan fingerprint density at radius 3 is 2.70 bits per heavy atom. The summed E-state index contributed by atoms with van der Waals surface area (Å²) in [4.78, 5) is 28.8. The Morgan fingerprint density at radius 1 is 1.30 bits per heavy atom. The molecule has 1 saturated heterocycles. The Labute approximate surface area is 157 Å². The molecule has 3 rings (SSSR count). The summed E-state index contributed by atoms with van der Waals surface area (Å²) in [5, 5.41) is 10.2. The Morgan fingerprint density at radius 2 is 2.00 bits per heavy atom. The van der Waals surface area contributed by atoms with Gasteiger partial charge >= 0.3 is 5.69 Å². The predicted molar refractivity (Wildman–Crippen MR) is 101 cm³/mol. The minimum atomic E-state index is -3.46. The number of amides is 1. The van der Waals surface area contributed by atoms with E-state index in [1.807, 2.05) is 12.1 Å². The van der Waals surface area contributed by atoms with Crippen molar-refractivity contribution in [1.82, 2.24) is 18.8 Å². The molecule has 1 aliphatic rings. The molecule has 9 nitrogen and oxygen atoms in total. The standard InChI is InChI=1S/C17H24N4O5S/c1-19(2)27(25,26)11-12-9-20(10-15(12)22)16(23)7-8-21-14-6-4-3-5-13(14)18-17(21)24/h3-6,12,15,22H,7-11H2,1-2H3,(H,18,24)/t12-,15-/m0/s1. The van der Waals surface area contributed by atoms with Gasteiger partial charge in [-0.2, -0.15) is 0 Å². The second-order valence-corrected chi connectivity index (χ2v) is 9.26. The highest BCUT2D eigenvalue weighted by Crippen LogP contribution is 2.21. The highest BCUT2D eigenvalue weighted by molar-refractivity contribution is 7.89. The summed E-state index contributed by atoms with van der Waals surface area (Å²) in [7, 11) is -0.570. The number of rotatable bonds is 6. The van der Waals surface area contributed by atoms with Gasteiger partial charge < -0.3 is 15.0 Å². The van der Waals surface area contributed by atoms with Crippen molar-refractivity contribution in [2.24, 2.45) is 5.92 Å². The first-order valence-corrected chi connectivity index (χ1v) is 10.3. The van der Waals surface area contributed by atoms with Gasteiger partial charge in [0.1, 0.15) is 0 Å². The molecule has 0 aliphatic carbocycles. The first-order valence-electron chi connectivity index (χ1n) is 8.72. The van der Waals surface area contributed by atoms with Crippen molar-refractivity contribution in [3.05, 3.63) is 34.7 Å². The van der Waals surface area contributed by atoms with E-state index in [4.69, 9.17) is 0 Å². The Balaban J connectivity index is 1.63. The van der Waals surface area contributed by atoms with Crippen LogP contribution in [0.1, 0.15) is 6.42 Å². The molecule has 0 bridgehead atoms. The van der Waals surface area contributed by atoms with Crippen molar-refractivity contribution in [1.29, 1.82) is 0 Å². The van der Waals surface area contributed by atoms with Crippen LogP contribution in [-0.4, -0.2) is 77.2 Å². The van der Waals surface area contributed by atoms with Crippen molar-refractivity contribution in [3.8, 4) is 0 Å². The van der Waals surface area contributed by atoms with Crippen LogP contribution in [-0.2, 0) is 21.4 Å². The number of hydrogen-bond donors (Lipinski definition) is 2. The van der Waals surface area contributed by atoms with E-state index in [2.05, 4.69) is 4.98 Å². The molecule has 0 spiro atoms. The predicted octanol–water partition coefficient (Wildman–Crippen LogP) is -0.570. The smallest absolute Gasteiger partial charge is 0.326 e. The zero-order valence-corrected chi connectivity index (χ0v) is 16.1. The van der Waals surface area contributed by atoms with Gasteiger partial charge in [-0.3, -0.25) is 9.36 Å². The van der Waals surface area contributed by atoms with E-state index < -0.39 is 22.0 Å². The molecule has 2 aromatic rings. The molecule has 1 fully saturated rings. The monoisotopic (exact) mass is 396 g/mol. The molecule has 2 atom stereocenters. The summed E-state index contributed by atoms with van der Waals surface area (Å²) in [6.45, 7) is 0.514. The number of β-amino-alcohol motifs (C(OH)–C–C–N with tert-alkyl or cyclic N) is 1. The van der Waals surface area contributed by atoms with E-state index >= 15 is 0 Å². The minimum Gasteiger partial charge on any atom is -0.391 e. The summed E-state index contributed by atoms with van der Waals surface area (Å²) in [6, 6.07) is 7.24. The molecule has 1 aromatic heterocycles. The SMILES string of the molecule is CN(C)S(=O)(=O)C[C@@H]1CN(C(=O)CCn2c(=O)[nH]c3ccccc32)C[C@@H]1O. The van der Waals surface area contributed by atoms with Gasteiger partial charge in [-0.1, -0.05) is 12.1 Å². The van der Waals surface area contributed by atoms with Gasteiger partial charge in [-0.15, -0.1) is 0 Å². The van der Waals surface area contributed by atoms with Gasteiger partial charge in [0.25, 0.3) is 0 Å². The summed E-state index contributed by atoms with van der Waals surface area (Å²) < 4.78 is 26.7. The number of para-hydroxylation sites is 2. The number of hydrogen-bond acceptors (Lipinski definition) is 5. The van der Waals surface area contributed by atoms with Crippen molar-refractivity contribution >= 4 is 27.0 Å². The fourth-order valence-corrected chi connectivity index (χ4v) is 4.50. The van der Waals surface area contributed by atoms with Gasteiger partial charge in [-0.05, 0) is 12.1 Å². The lowest BCUT2D eigenvalue weighted by molar-refractivity contribution is -0.130. The fourth-order valence-electron chi connectivity index (χ4n) is 3.34. The number of carbonyl (C=O) groups excluding carboxylic acids is 1. The van der Waals surface area contributed by atoms with Crippen LogP contribution >= 0.6 is 0 Å². The first kappa shape index (κ1) is 19.6. The van der Waals surface area contributed by atoms with Crippen LogP contribution in [0.5, 0.6) is 0 Å². The summed E-state index contributed by atoms with van der Waals surface area (Å²) in [6.07, 6.45) is -0.777. The number of likely N-dealkylation sites (tertiary alicyclic amines) is 1. The van der Waals surface area contributed by atoms with E-state index in [1.54, 1.807) is 12.1 Å². The first-order chi connectivity index (χ1) is 12.7. The van der Waals surface area contributed by atoms with Crippen LogP contribution in [0.25, 0.3) is 11.0 Å². The maximum Gasteiger partial charge on any atom is 0.326 e. The lowest BCUT2D eigenvalue weighted by atomic mass is 10.1. The van der Waals surface area contributed by atoms with Crippen LogP contribution in [0.4, 0.5) is 0 Å². The largest absolute Gasteiger partial charge is 0.391 e. The molecule has 0 unspecified atom stereocenters. The van der Waals surface area contributed by atoms with Crippen LogP contribution in [0, 0.1) is 5.92 Å². The third-order valence-corrected chi connectivity index (χ3v) is 6.93. The van der Waals surface area contributed by atoms with E-state index in [-0.39, 0.29) is 43.4 Å². The van der Waals surface area contributed by atoms with Crippen molar-refractivity contribution < 1.29 is 18.3 Å². The molecule has 148 valence electrons. The van der Waals surface area contributed by atoms with Crippen molar-refractivity contribution in [2.75, 3.05) is 32.9 Å². The molecule has 0 saturated carbocycles. The average molecular weight is 396 g/mol. The van der Waals surface area contributed by atoms with Crippen molar-refractivity contribution in [2.45, 2.75) is 19.1 Å².